The Bertz CT molecular complexity index is 445. The quantitative estimate of drug-likeness (QED) is 0.353. The average molecular weight is 350 g/mol. The van der Waals surface area contributed by atoms with E-state index in [1.165, 1.54) is 32.1 Å². The van der Waals surface area contributed by atoms with E-state index < -0.39 is 0 Å². The van der Waals surface area contributed by atoms with E-state index in [-0.39, 0.29) is 5.97 Å². The van der Waals surface area contributed by atoms with Crippen LogP contribution >= 0.6 is 0 Å². The molecule has 4 nitrogen and oxygen atoms in total. The van der Waals surface area contributed by atoms with Crippen LogP contribution in [0.15, 0.2) is 24.3 Å². The van der Waals surface area contributed by atoms with Crippen LogP contribution in [-0.4, -0.2) is 25.7 Å². The fraction of sp³-hybridized carbons (Fsp3) is 0.667. The maximum atomic E-state index is 11.9. The van der Waals surface area contributed by atoms with E-state index in [1.807, 2.05) is 12.1 Å². The van der Waals surface area contributed by atoms with E-state index in [0.717, 1.165) is 51.0 Å². The van der Waals surface area contributed by atoms with Crippen molar-refractivity contribution in [2.75, 3.05) is 19.8 Å². The van der Waals surface area contributed by atoms with Gasteiger partial charge in [0, 0.05) is 0 Å². The normalized spacial score (nSPS) is 10.6. The van der Waals surface area contributed by atoms with Crippen molar-refractivity contribution in [3.63, 3.8) is 0 Å². The molecule has 2 N–H and O–H groups in total. The highest BCUT2D eigenvalue weighted by atomic mass is 16.5. The summed E-state index contributed by atoms with van der Waals surface area (Å²) in [4.78, 5) is 11.9. The summed E-state index contributed by atoms with van der Waals surface area (Å²) in [6.07, 6.45) is 11.6. The van der Waals surface area contributed by atoms with Gasteiger partial charge in [-0.05, 0) is 50.1 Å². The molecule has 0 unspecified atom stereocenters. The molecule has 1 aromatic carbocycles. The van der Waals surface area contributed by atoms with Gasteiger partial charge in [-0.15, -0.1) is 0 Å². The van der Waals surface area contributed by atoms with Gasteiger partial charge in [-0.2, -0.15) is 0 Å². The number of ether oxygens (including phenoxy) is 2. The van der Waals surface area contributed by atoms with Crippen molar-refractivity contribution < 1.29 is 14.3 Å². The Balaban J connectivity index is 2.14. The molecule has 0 aliphatic rings. The van der Waals surface area contributed by atoms with Gasteiger partial charge >= 0.3 is 5.97 Å². The van der Waals surface area contributed by atoms with Crippen LogP contribution in [0.2, 0.25) is 0 Å². The zero-order valence-corrected chi connectivity index (χ0v) is 15.8. The molecule has 0 spiro atoms. The second-order valence-corrected chi connectivity index (χ2v) is 6.48. The minimum Gasteiger partial charge on any atom is -0.494 e. The van der Waals surface area contributed by atoms with Gasteiger partial charge in [-0.1, -0.05) is 51.9 Å². The molecule has 4 heteroatoms. The van der Waals surface area contributed by atoms with E-state index in [2.05, 4.69) is 6.92 Å². The Morgan fingerprint density at radius 1 is 0.840 bits per heavy atom. The molecular formula is C21H35NO3. The highest BCUT2D eigenvalue weighted by Gasteiger charge is 2.07. The highest BCUT2D eigenvalue weighted by molar-refractivity contribution is 5.89. The van der Waals surface area contributed by atoms with Crippen molar-refractivity contribution in [3.05, 3.63) is 29.8 Å². The summed E-state index contributed by atoms with van der Waals surface area (Å²) in [5.74, 6) is 0.549. The molecule has 25 heavy (non-hydrogen) atoms. The molecule has 0 radical (unpaired) electrons. The Morgan fingerprint density at radius 3 is 2.12 bits per heavy atom. The van der Waals surface area contributed by atoms with E-state index in [4.69, 9.17) is 15.2 Å². The molecular weight excluding hydrogens is 314 g/mol. The van der Waals surface area contributed by atoms with E-state index >= 15 is 0 Å². The average Bonchev–Trinajstić information content (AvgIpc) is 2.64. The van der Waals surface area contributed by atoms with Crippen LogP contribution in [0, 0.1) is 0 Å². The van der Waals surface area contributed by atoms with Crippen LogP contribution in [0.1, 0.15) is 81.5 Å². The largest absolute Gasteiger partial charge is 0.494 e. The lowest BCUT2D eigenvalue weighted by Crippen LogP contribution is -2.07. The molecule has 0 bridgehead atoms. The third-order valence-electron chi connectivity index (χ3n) is 4.19. The summed E-state index contributed by atoms with van der Waals surface area (Å²) in [6.45, 7) is 4.16. The van der Waals surface area contributed by atoms with Gasteiger partial charge in [-0.25, -0.2) is 4.79 Å². The second kappa shape index (κ2) is 14.8. The molecule has 0 atom stereocenters. The lowest BCUT2D eigenvalue weighted by Gasteiger charge is -2.08. The Labute approximate surface area is 153 Å². The van der Waals surface area contributed by atoms with E-state index in [0.29, 0.717) is 12.2 Å². The number of unbranched alkanes of at least 4 members (excludes halogenated alkanes) is 8. The fourth-order valence-electron chi connectivity index (χ4n) is 2.61. The van der Waals surface area contributed by atoms with Crippen molar-refractivity contribution >= 4 is 5.97 Å². The highest BCUT2D eigenvalue weighted by Crippen LogP contribution is 2.14. The van der Waals surface area contributed by atoms with E-state index in [1.54, 1.807) is 12.1 Å². The SMILES string of the molecule is CCCCCCCCOc1ccc(C(=O)OCCCCCCN)cc1. The third-order valence-corrected chi connectivity index (χ3v) is 4.19. The zero-order valence-electron chi connectivity index (χ0n) is 15.8. The van der Waals surface area contributed by atoms with Crippen LogP contribution in [-0.2, 0) is 4.74 Å². The van der Waals surface area contributed by atoms with Crippen LogP contribution in [0.3, 0.4) is 0 Å². The summed E-state index contributed by atoms with van der Waals surface area (Å²) in [5.41, 5.74) is 6.02. The van der Waals surface area contributed by atoms with Gasteiger partial charge in [0.2, 0.25) is 0 Å². The standard InChI is InChI=1S/C21H35NO3/c1-2-3-4-5-7-10-17-24-20-14-12-19(13-15-20)21(23)25-18-11-8-6-9-16-22/h12-15H,2-11,16-18,22H2,1H3. The predicted octanol–water partition coefficient (Wildman–Crippen LogP) is 5.10. The predicted molar refractivity (Wildman–Crippen MR) is 103 cm³/mol. The molecule has 0 heterocycles. The Hall–Kier alpha value is -1.55. The zero-order chi connectivity index (χ0) is 18.2. The van der Waals surface area contributed by atoms with Gasteiger partial charge in [0.1, 0.15) is 5.75 Å². The van der Waals surface area contributed by atoms with Gasteiger partial charge in [0.05, 0.1) is 18.8 Å². The first-order valence-electron chi connectivity index (χ1n) is 9.88. The summed E-state index contributed by atoms with van der Waals surface area (Å²) < 4.78 is 11.0. The van der Waals surface area contributed by atoms with Crippen molar-refractivity contribution in [1.82, 2.24) is 0 Å². The number of hydrogen-bond acceptors (Lipinski definition) is 4. The Kier molecular flexibility index (Phi) is 12.7. The first-order valence-corrected chi connectivity index (χ1v) is 9.88. The monoisotopic (exact) mass is 349 g/mol. The van der Waals surface area contributed by atoms with Gasteiger partial charge in [-0.3, -0.25) is 0 Å². The van der Waals surface area contributed by atoms with Gasteiger partial charge in [0.25, 0.3) is 0 Å². The molecule has 1 rings (SSSR count). The first kappa shape index (κ1) is 21.5. The maximum Gasteiger partial charge on any atom is 0.338 e. The number of rotatable bonds is 15. The number of carbonyl (C=O) groups is 1. The van der Waals surface area contributed by atoms with Crippen molar-refractivity contribution in [3.8, 4) is 5.75 Å². The topological polar surface area (TPSA) is 61.5 Å². The summed E-state index contributed by atoms with van der Waals surface area (Å²) in [5, 5.41) is 0. The summed E-state index contributed by atoms with van der Waals surface area (Å²) in [7, 11) is 0. The summed E-state index contributed by atoms with van der Waals surface area (Å²) >= 11 is 0. The Morgan fingerprint density at radius 2 is 1.44 bits per heavy atom. The van der Waals surface area contributed by atoms with Crippen molar-refractivity contribution in [1.29, 1.82) is 0 Å². The second-order valence-electron chi connectivity index (χ2n) is 6.48. The van der Waals surface area contributed by atoms with Crippen molar-refractivity contribution in [2.45, 2.75) is 71.1 Å². The molecule has 0 aliphatic heterocycles. The molecule has 0 amide bonds. The lowest BCUT2D eigenvalue weighted by molar-refractivity contribution is 0.0497. The number of carbonyl (C=O) groups excluding carboxylic acids is 1. The van der Waals surface area contributed by atoms with Crippen molar-refractivity contribution in [2.24, 2.45) is 5.73 Å². The summed E-state index contributed by atoms with van der Waals surface area (Å²) in [6, 6.07) is 7.23. The molecule has 0 saturated carbocycles. The number of esters is 1. The minimum atomic E-state index is -0.263. The fourth-order valence-corrected chi connectivity index (χ4v) is 2.61. The third kappa shape index (κ3) is 10.8. The molecule has 1 aromatic rings. The first-order chi connectivity index (χ1) is 12.3. The smallest absolute Gasteiger partial charge is 0.338 e. The number of hydrogen-bond donors (Lipinski definition) is 1. The van der Waals surface area contributed by atoms with Gasteiger partial charge < -0.3 is 15.2 Å². The van der Waals surface area contributed by atoms with E-state index in [9.17, 15) is 4.79 Å². The lowest BCUT2D eigenvalue weighted by atomic mass is 10.1. The molecule has 0 aliphatic carbocycles. The van der Waals surface area contributed by atoms with Crippen LogP contribution < -0.4 is 10.5 Å². The molecule has 0 aromatic heterocycles. The number of nitrogens with two attached hydrogens (primary N) is 1. The van der Waals surface area contributed by atoms with Crippen LogP contribution in [0.5, 0.6) is 5.75 Å². The number of benzene rings is 1. The van der Waals surface area contributed by atoms with Crippen LogP contribution in [0.25, 0.3) is 0 Å². The molecule has 142 valence electrons. The molecule has 0 saturated heterocycles. The molecule has 0 fully saturated rings. The maximum absolute atomic E-state index is 11.9. The minimum absolute atomic E-state index is 0.263. The van der Waals surface area contributed by atoms with Crippen LogP contribution in [0.4, 0.5) is 0 Å². The van der Waals surface area contributed by atoms with Gasteiger partial charge in [0.15, 0.2) is 0 Å².